The van der Waals surface area contributed by atoms with Crippen LogP contribution in [0.2, 0.25) is 0 Å². The van der Waals surface area contributed by atoms with E-state index in [1.807, 2.05) is 22.1 Å². The lowest BCUT2D eigenvalue weighted by Gasteiger charge is -2.03. The fourth-order valence-corrected chi connectivity index (χ4v) is 2.86. The number of anilines is 1. The fraction of sp³-hybridized carbons (Fsp3) is 0.100. The molecule has 8 heteroatoms. The predicted octanol–water partition coefficient (Wildman–Crippen LogP) is 1.57. The Hall–Kier alpha value is -1.67. The number of rotatable bonds is 2. The molecule has 0 fully saturated rings. The van der Waals surface area contributed by atoms with Crippen molar-refractivity contribution in [3.05, 3.63) is 37.5 Å². The zero-order chi connectivity index (χ0) is 12.7. The molecular formula is C10H8BrN5OS. The van der Waals surface area contributed by atoms with Crippen LogP contribution in [-0.2, 0) is 6.54 Å². The largest absolute Gasteiger partial charge is 0.369 e. The normalized spacial score (nSPS) is 11.2. The highest BCUT2D eigenvalue weighted by Crippen LogP contribution is 2.20. The van der Waals surface area contributed by atoms with Gasteiger partial charge < -0.3 is 5.73 Å². The fourth-order valence-electron chi connectivity index (χ4n) is 1.70. The molecule has 6 nitrogen and oxygen atoms in total. The minimum Gasteiger partial charge on any atom is -0.369 e. The topological polar surface area (TPSA) is 89.6 Å². The van der Waals surface area contributed by atoms with Crippen LogP contribution < -0.4 is 11.3 Å². The van der Waals surface area contributed by atoms with Crippen molar-refractivity contribution < 1.29 is 0 Å². The number of hydrogen-bond acceptors (Lipinski definition) is 5. The van der Waals surface area contributed by atoms with Crippen LogP contribution in [0.15, 0.2) is 27.0 Å². The third-order valence-electron chi connectivity index (χ3n) is 2.47. The summed E-state index contributed by atoms with van der Waals surface area (Å²) in [7, 11) is 0. The molecule has 3 N–H and O–H groups in total. The highest BCUT2D eigenvalue weighted by molar-refractivity contribution is 9.10. The average molecular weight is 326 g/mol. The smallest absolute Gasteiger partial charge is 0.280 e. The molecule has 0 aliphatic carbocycles. The Labute approximate surface area is 114 Å². The van der Waals surface area contributed by atoms with Crippen molar-refractivity contribution in [3.8, 4) is 0 Å². The van der Waals surface area contributed by atoms with Crippen molar-refractivity contribution in [2.45, 2.75) is 6.54 Å². The number of hydrogen-bond donors (Lipinski definition) is 2. The molecule has 0 radical (unpaired) electrons. The van der Waals surface area contributed by atoms with Crippen LogP contribution in [0.5, 0.6) is 0 Å². The molecule has 3 aromatic rings. The van der Waals surface area contributed by atoms with E-state index >= 15 is 0 Å². The summed E-state index contributed by atoms with van der Waals surface area (Å²) in [6.45, 7) is 0.602. The maximum atomic E-state index is 11.7. The summed E-state index contributed by atoms with van der Waals surface area (Å²) >= 11 is 4.97. The summed E-state index contributed by atoms with van der Waals surface area (Å²) < 4.78 is 2.38. The monoisotopic (exact) mass is 325 g/mol. The first-order chi connectivity index (χ1) is 8.65. The van der Waals surface area contributed by atoms with Crippen LogP contribution in [0.1, 0.15) is 4.88 Å². The Morgan fingerprint density at radius 1 is 1.50 bits per heavy atom. The third kappa shape index (κ3) is 1.83. The van der Waals surface area contributed by atoms with Gasteiger partial charge >= 0.3 is 0 Å². The van der Waals surface area contributed by atoms with E-state index in [0.29, 0.717) is 16.9 Å². The van der Waals surface area contributed by atoms with Gasteiger partial charge in [-0.3, -0.25) is 14.3 Å². The number of H-pyrrole nitrogens is 1. The number of halogens is 1. The summed E-state index contributed by atoms with van der Waals surface area (Å²) in [5, 5.41) is 2.00. The van der Waals surface area contributed by atoms with Crippen LogP contribution in [0.3, 0.4) is 0 Å². The minimum absolute atomic E-state index is 0.0901. The highest BCUT2D eigenvalue weighted by atomic mass is 79.9. The van der Waals surface area contributed by atoms with E-state index < -0.39 is 0 Å². The molecule has 0 saturated heterocycles. The lowest BCUT2D eigenvalue weighted by atomic mass is 10.4. The number of aromatic amines is 1. The number of aromatic nitrogens is 4. The van der Waals surface area contributed by atoms with E-state index in [2.05, 4.69) is 30.9 Å². The summed E-state index contributed by atoms with van der Waals surface area (Å²) in [6.07, 6.45) is 0. The van der Waals surface area contributed by atoms with Gasteiger partial charge in [0.1, 0.15) is 0 Å². The number of thiophene rings is 1. The van der Waals surface area contributed by atoms with Gasteiger partial charge in [-0.05, 0) is 27.4 Å². The first-order valence-electron chi connectivity index (χ1n) is 5.09. The van der Waals surface area contributed by atoms with Crippen molar-refractivity contribution >= 4 is 44.4 Å². The van der Waals surface area contributed by atoms with E-state index in [-0.39, 0.29) is 17.0 Å². The molecule has 0 atom stereocenters. The van der Waals surface area contributed by atoms with Gasteiger partial charge in [0.05, 0.1) is 6.54 Å². The quantitative estimate of drug-likeness (QED) is 0.700. The van der Waals surface area contributed by atoms with E-state index in [4.69, 9.17) is 5.73 Å². The maximum absolute atomic E-state index is 11.7. The first kappa shape index (κ1) is 11.4. The van der Waals surface area contributed by atoms with E-state index in [1.54, 1.807) is 11.3 Å². The van der Waals surface area contributed by atoms with Crippen molar-refractivity contribution in [3.63, 3.8) is 0 Å². The Balaban J connectivity index is 2.22. The van der Waals surface area contributed by atoms with E-state index in [1.165, 1.54) is 0 Å². The van der Waals surface area contributed by atoms with Gasteiger partial charge in [-0.2, -0.15) is 4.98 Å². The number of nitrogen functional groups attached to an aromatic ring is 1. The molecule has 0 amide bonds. The molecule has 0 aromatic carbocycles. The van der Waals surface area contributed by atoms with Gasteiger partial charge in [0.2, 0.25) is 5.95 Å². The molecule has 0 bridgehead atoms. The van der Waals surface area contributed by atoms with Gasteiger partial charge in [-0.1, -0.05) is 6.07 Å². The maximum Gasteiger partial charge on any atom is 0.280 e. The van der Waals surface area contributed by atoms with Gasteiger partial charge in [0.15, 0.2) is 15.9 Å². The second kappa shape index (κ2) is 4.21. The molecule has 18 heavy (non-hydrogen) atoms. The third-order valence-corrected chi connectivity index (χ3v) is 3.94. The zero-order valence-electron chi connectivity index (χ0n) is 9.05. The zero-order valence-corrected chi connectivity index (χ0v) is 11.5. The minimum atomic E-state index is -0.330. The van der Waals surface area contributed by atoms with Crippen molar-refractivity contribution in [1.82, 2.24) is 19.5 Å². The van der Waals surface area contributed by atoms with E-state index in [9.17, 15) is 4.79 Å². The lowest BCUT2D eigenvalue weighted by Crippen LogP contribution is -2.12. The standard InChI is InChI=1S/C10H8BrN5OS/c11-9-13-6-7(14-10(12)15-8(6)17)16(9)4-5-2-1-3-18-5/h1-3H,4H2,(H3,12,14,15,17). The molecule has 3 rings (SSSR count). The summed E-state index contributed by atoms with van der Waals surface area (Å²) in [4.78, 5) is 23.6. The molecule has 3 aromatic heterocycles. The second-order valence-electron chi connectivity index (χ2n) is 3.67. The Kier molecular flexibility index (Phi) is 2.67. The molecular weight excluding hydrogens is 318 g/mol. The number of nitrogens with zero attached hydrogens (tertiary/aromatic N) is 3. The van der Waals surface area contributed by atoms with Crippen LogP contribution in [0.25, 0.3) is 11.2 Å². The number of nitrogens with two attached hydrogens (primary N) is 1. The average Bonchev–Trinajstić information content (AvgIpc) is 2.91. The molecule has 0 saturated carbocycles. The molecule has 0 spiro atoms. The van der Waals surface area contributed by atoms with E-state index in [0.717, 1.165) is 4.88 Å². The SMILES string of the molecule is Nc1nc2c(nc(Br)n2Cc2cccs2)c(=O)[nH]1. The van der Waals surface area contributed by atoms with Gasteiger partial charge in [-0.25, -0.2) is 4.98 Å². The Morgan fingerprint density at radius 2 is 2.33 bits per heavy atom. The highest BCUT2D eigenvalue weighted by Gasteiger charge is 2.14. The number of fused-ring (bicyclic) bond motifs is 1. The lowest BCUT2D eigenvalue weighted by molar-refractivity contribution is 0.802. The Morgan fingerprint density at radius 3 is 3.06 bits per heavy atom. The van der Waals surface area contributed by atoms with Crippen molar-refractivity contribution in [1.29, 1.82) is 0 Å². The van der Waals surface area contributed by atoms with Gasteiger partial charge in [0, 0.05) is 4.88 Å². The van der Waals surface area contributed by atoms with Gasteiger partial charge in [-0.15, -0.1) is 11.3 Å². The molecule has 0 aliphatic heterocycles. The van der Waals surface area contributed by atoms with Gasteiger partial charge in [0.25, 0.3) is 5.56 Å². The van der Waals surface area contributed by atoms with Crippen LogP contribution in [0.4, 0.5) is 5.95 Å². The summed E-state index contributed by atoms with van der Waals surface area (Å²) in [5.74, 6) is 0.0901. The second-order valence-corrected chi connectivity index (χ2v) is 5.41. The van der Waals surface area contributed by atoms with Crippen LogP contribution in [-0.4, -0.2) is 19.5 Å². The predicted molar refractivity (Wildman–Crippen MR) is 73.7 cm³/mol. The first-order valence-corrected chi connectivity index (χ1v) is 6.76. The molecule has 0 aliphatic rings. The summed E-state index contributed by atoms with van der Waals surface area (Å²) in [6, 6.07) is 3.99. The van der Waals surface area contributed by atoms with Crippen LogP contribution in [0, 0.1) is 0 Å². The van der Waals surface area contributed by atoms with Crippen LogP contribution >= 0.6 is 27.3 Å². The van der Waals surface area contributed by atoms with Crippen molar-refractivity contribution in [2.24, 2.45) is 0 Å². The molecule has 3 heterocycles. The number of imidazole rings is 1. The van der Waals surface area contributed by atoms with Crippen molar-refractivity contribution in [2.75, 3.05) is 5.73 Å². The summed E-state index contributed by atoms with van der Waals surface area (Å²) in [5.41, 5.74) is 5.99. The Bertz CT molecular complexity index is 761. The number of nitrogens with one attached hydrogen (secondary N) is 1. The molecule has 92 valence electrons. The molecule has 0 unspecified atom stereocenters.